The molecule has 2 aromatic heterocycles. The van der Waals surface area contributed by atoms with Crippen LogP contribution in [-0.4, -0.2) is 54.4 Å². The van der Waals surface area contributed by atoms with Gasteiger partial charge in [0.1, 0.15) is 6.10 Å². The maximum absolute atomic E-state index is 11.9. The first kappa shape index (κ1) is 23.9. The summed E-state index contributed by atoms with van der Waals surface area (Å²) in [7, 11) is -9.12. The largest absolute Gasteiger partial charge is 0.366 e. The van der Waals surface area contributed by atoms with Crippen LogP contribution in [0.2, 0.25) is 5.15 Å². The lowest BCUT2D eigenvalue weighted by atomic mass is 10.1. The highest BCUT2D eigenvalue weighted by Crippen LogP contribution is 2.55. The van der Waals surface area contributed by atoms with E-state index in [-0.39, 0.29) is 6.61 Å². The van der Waals surface area contributed by atoms with Crippen LogP contribution in [0.5, 0.6) is 0 Å². The zero-order valence-electron chi connectivity index (χ0n) is 17.9. The average Bonchev–Trinajstić information content (AvgIpc) is 3.48. The third-order valence-electron chi connectivity index (χ3n) is 5.89. The smallest absolute Gasteiger partial charge is 0.340 e. The lowest BCUT2D eigenvalue weighted by molar-refractivity contribution is 0.0125. The van der Waals surface area contributed by atoms with Crippen LogP contribution in [0.1, 0.15) is 30.2 Å². The van der Waals surface area contributed by atoms with Gasteiger partial charge in [-0.3, -0.25) is 9.13 Å². The Morgan fingerprint density at radius 2 is 1.97 bits per heavy atom. The molecule has 0 amide bonds. The van der Waals surface area contributed by atoms with Crippen LogP contribution in [0.3, 0.4) is 0 Å². The fourth-order valence-corrected chi connectivity index (χ4v) is 7.23. The molecule has 182 valence electrons. The molecular formula is C20H23ClN4O7P2. The molecule has 0 saturated carbocycles. The molecule has 1 fully saturated rings. The van der Waals surface area contributed by atoms with Gasteiger partial charge in [0.05, 0.1) is 30.3 Å². The SMILES string of the molecule is O=P(O)(O)CP(=O)(O)OC[C@@H]1CCC(c2cnc3c(N4CCc5ccccc54)cc(Cl)nn23)O1. The van der Waals surface area contributed by atoms with E-state index in [2.05, 4.69) is 27.1 Å². The quantitative estimate of drug-likeness (QED) is 0.388. The van der Waals surface area contributed by atoms with Crippen LogP contribution >= 0.6 is 26.8 Å². The third kappa shape index (κ3) is 4.94. The van der Waals surface area contributed by atoms with Crippen LogP contribution in [0.4, 0.5) is 11.4 Å². The molecule has 2 aliphatic rings. The number of imidazole rings is 1. The van der Waals surface area contributed by atoms with Gasteiger partial charge in [-0.25, -0.2) is 9.50 Å². The minimum Gasteiger partial charge on any atom is -0.366 e. The number of halogens is 1. The Labute approximate surface area is 200 Å². The first-order valence-corrected chi connectivity index (χ1v) is 14.6. The fraction of sp³-hybridized carbons (Fsp3) is 0.400. The molecule has 3 aromatic rings. The Balaban J connectivity index is 1.35. The van der Waals surface area contributed by atoms with Crippen molar-refractivity contribution < 1.29 is 33.1 Å². The second-order valence-electron chi connectivity index (χ2n) is 8.36. The van der Waals surface area contributed by atoms with Gasteiger partial charge in [-0.05, 0) is 30.9 Å². The Morgan fingerprint density at radius 3 is 2.76 bits per heavy atom. The van der Waals surface area contributed by atoms with Crippen molar-refractivity contribution >= 4 is 43.8 Å². The first-order chi connectivity index (χ1) is 16.1. The normalized spacial score (nSPS) is 22.3. The van der Waals surface area contributed by atoms with Crippen LogP contribution in [-0.2, 0) is 24.8 Å². The summed E-state index contributed by atoms with van der Waals surface area (Å²) in [5.74, 6) is -1.23. The number of aromatic nitrogens is 3. The van der Waals surface area contributed by atoms with Crippen molar-refractivity contribution in [1.82, 2.24) is 14.6 Å². The molecule has 3 atom stereocenters. The molecule has 34 heavy (non-hydrogen) atoms. The zero-order chi connectivity index (χ0) is 24.1. The maximum atomic E-state index is 11.9. The second kappa shape index (κ2) is 9.00. The minimum absolute atomic E-state index is 0.259. The average molecular weight is 529 g/mol. The highest BCUT2D eigenvalue weighted by atomic mass is 35.5. The summed E-state index contributed by atoms with van der Waals surface area (Å²) in [6, 6.07) is 9.97. The van der Waals surface area contributed by atoms with Crippen molar-refractivity contribution in [3.8, 4) is 0 Å². The van der Waals surface area contributed by atoms with E-state index in [0.717, 1.165) is 24.3 Å². The van der Waals surface area contributed by atoms with Gasteiger partial charge in [-0.2, -0.15) is 5.10 Å². The minimum atomic E-state index is -4.68. The van der Waals surface area contributed by atoms with E-state index in [0.29, 0.717) is 29.3 Å². The molecule has 0 aliphatic carbocycles. The Hall–Kier alpha value is -1.81. The summed E-state index contributed by atoms with van der Waals surface area (Å²) in [5.41, 5.74) is 4.53. The van der Waals surface area contributed by atoms with E-state index in [9.17, 15) is 14.0 Å². The number of nitrogens with zero attached hydrogens (tertiary/aromatic N) is 4. The number of anilines is 2. The molecule has 0 radical (unpaired) electrons. The number of ether oxygens (including phenoxy) is 1. The molecule has 1 aromatic carbocycles. The summed E-state index contributed by atoms with van der Waals surface area (Å²) in [6.07, 6.45) is 2.81. The molecule has 5 rings (SSSR count). The number of benzene rings is 1. The van der Waals surface area contributed by atoms with Gasteiger partial charge < -0.3 is 28.8 Å². The number of para-hydroxylation sites is 1. The lowest BCUT2D eigenvalue weighted by Crippen LogP contribution is -2.16. The fourth-order valence-electron chi connectivity index (χ4n) is 4.47. The van der Waals surface area contributed by atoms with Gasteiger partial charge >= 0.3 is 15.2 Å². The zero-order valence-corrected chi connectivity index (χ0v) is 20.4. The summed E-state index contributed by atoms with van der Waals surface area (Å²) in [6.45, 7) is 0.539. The number of fused-ring (bicyclic) bond motifs is 2. The van der Waals surface area contributed by atoms with Gasteiger partial charge in [0, 0.05) is 18.3 Å². The molecule has 2 unspecified atom stereocenters. The Kier molecular flexibility index (Phi) is 6.33. The molecule has 2 aliphatic heterocycles. The predicted octanol–water partition coefficient (Wildman–Crippen LogP) is 3.63. The molecule has 14 heteroatoms. The van der Waals surface area contributed by atoms with Crippen molar-refractivity contribution in [2.45, 2.75) is 31.5 Å². The Bertz CT molecular complexity index is 1330. The van der Waals surface area contributed by atoms with Crippen LogP contribution < -0.4 is 4.90 Å². The summed E-state index contributed by atoms with van der Waals surface area (Å²) >= 11 is 6.38. The van der Waals surface area contributed by atoms with Gasteiger partial charge in [-0.15, -0.1) is 0 Å². The lowest BCUT2D eigenvalue weighted by Gasteiger charge is -2.20. The van der Waals surface area contributed by atoms with E-state index in [1.54, 1.807) is 16.8 Å². The molecule has 11 nitrogen and oxygen atoms in total. The van der Waals surface area contributed by atoms with Crippen LogP contribution in [0.25, 0.3) is 5.65 Å². The topological polar surface area (TPSA) is 147 Å². The third-order valence-corrected chi connectivity index (χ3v) is 9.53. The van der Waals surface area contributed by atoms with Crippen molar-refractivity contribution in [2.24, 2.45) is 0 Å². The second-order valence-corrected chi connectivity index (χ2v) is 12.7. The van der Waals surface area contributed by atoms with Crippen LogP contribution in [0, 0.1) is 0 Å². The number of rotatable bonds is 7. The summed E-state index contributed by atoms with van der Waals surface area (Å²) < 4.78 is 35.5. The van der Waals surface area contributed by atoms with E-state index in [1.165, 1.54) is 5.56 Å². The van der Waals surface area contributed by atoms with Crippen molar-refractivity contribution in [3.63, 3.8) is 0 Å². The van der Waals surface area contributed by atoms with Gasteiger partial charge in [0.2, 0.25) is 0 Å². The van der Waals surface area contributed by atoms with E-state index in [1.807, 2.05) is 12.1 Å². The Morgan fingerprint density at radius 1 is 1.18 bits per heavy atom. The van der Waals surface area contributed by atoms with Crippen LogP contribution in [0.15, 0.2) is 36.5 Å². The molecule has 3 N–H and O–H groups in total. The van der Waals surface area contributed by atoms with E-state index in [4.69, 9.17) is 30.6 Å². The van der Waals surface area contributed by atoms with Crippen molar-refractivity contribution in [3.05, 3.63) is 52.9 Å². The molecule has 1 saturated heterocycles. The van der Waals surface area contributed by atoms with Crippen molar-refractivity contribution in [2.75, 3.05) is 24.0 Å². The highest BCUT2D eigenvalue weighted by Gasteiger charge is 2.35. The molecule has 0 bridgehead atoms. The van der Waals surface area contributed by atoms with Gasteiger partial charge in [0.25, 0.3) is 0 Å². The summed E-state index contributed by atoms with van der Waals surface area (Å²) in [4.78, 5) is 34.3. The van der Waals surface area contributed by atoms with E-state index >= 15 is 0 Å². The molecular weight excluding hydrogens is 506 g/mol. The molecule has 4 heterocycles. The van der Waals surface area contributed by atoms with Gasteiger partial charge in [0.15, 0.2) is 16.7 Å². The monoisotopic (exact) mass is 528 g/mol. The number of hydrogen-bond acceptors (Lipinski definition) is 7. The standard InChI is InChI=1S/C20H23ClN4O7P2/c21-19-9-16(24-8-7-13-3-1-2-4-15(13)24)20-22-10-17(25(20)23-19)18-6-5-14(32-18)11-31-34(29,30)12-33(26,27)28/h1-4,9-10,14,18H,5-8,11-12H2,(H,29,30)(H2,26,27,28)/t14-,18?/m0/s1. The number of hydrogen-bond donors (Lipinski definition) is 3. The highest BCUT2D eigenvalue weighted by molar-refractivity contribution is 7.70. The first-order valence-electron chi connectivity index (χ1n) is 10.7. The predicted molar refractivity (Wildman–Crippen MR) is 125 cm³/mol. The maximum Gasteiger partial charge on any atom is 0.340 e. The van der Waals surface area contributed by atoms with Gasteiger partial charge in [-0.1, -0.05) is 29.8 Å². The summed E-state index contributed by atoms with van der Waals surface area (Å²) in [5, 5.41) is 4.74. The molecule has 0 spiro atoms. The van der Waals surface area contributed by atoms with E-state index < -0.39 is 33.3 Å². The van der Waals surface area contributed by atoms with Crippen molar-refractivity contribution in [1.29, 1.82) is 0 Å².